The number of alkyl halides is 3. The number of anilines is 1. The average Bonchev–Trinajstić information content (AvgIpc) is 2.58. The summed E-state index contributed by atoms with van der Waals surface area (Å²) in [5, 5.41) is 2.25. The highest BCUT2D eigenvalue weighted by atomic mass is 35.5. The minimum absolute atomic E-state index is 0.0508. The predicted molar refractivity (Wildman–Crippen MR) is 93.1 cm³/mol. The topological polar surface area (TPSA) is 49.4 Å². The molecule has 2 amide bonds. The Balaban J connectivity index is 2.15. The van der Waals surface area contributed by atoms with E-state index in [1.165, 1.54) is 24.3 Å². The number of benzene rings is 2. The summed E-state index contributed by atoms with van der Waals surface area (Å²) in [4.78, 5) is 25.6. The van der Waals surface area contributed by atoms with Crippen LogP contribution in [0.3, 0.4) is 0 Å². The Labute approximate surface area is 157 Å². The zero-order valence-electron chi connectivity index (χ0n) is 14.1. The summed E-state index contributed by atoms with van der Waals surface area (Å²) in [5.41, 5.74) is -1.71. The third kappa shape index (κ3) is 5.19. The van der Waals surface area contributed by atoms with Gasteiger partial charge < -0.3 is 10.2 Å². The maximum Gasteiger partial charge on any atom is 0.418 e. The fraction of sp³-hybridized carbons (Fsp3) is 0.222. The van der Waals surface area contributed by atoms with Crippen molar-refractivity contribution in [1.82, 2.24) is 4.90 Å². The van der Waals surface area contributed by atoms with Gasteiger partial charge in [-0.25, -0.2) is 4.39 Å². The van der Waals surface area contributed by atoms with Crippen LogP contribution >= 0.6 is 11.6 Å². The summed E-state index contributed by atoms with van der Waals surface area (Å²) >= 11 is 5.64. The molecule has 1 N–H and O–H groups in total. The minimum Gasteiger partial charge on any atom is -0.330 e. The van der Waals surface area contributed by atoms with Crippen molar-refractivity contribution in [2.45, 2.75) is 13.1 Å². The van der Waals surface area contributed by atoms with Crippen LogP contribution in [-0.4, -0.2) is 29.8 Å². The van der Waals surface area contributed by atoms with Crippen LogP contribution in [-0.2, 0) is 11.0 Å². The van der Waals surface area contributed by atoms with E-state index >= 15 is 0 Å². The summed E-state index contributed by atoms with van der Waals surface area (Å²) in [5.74, 6) is -2.46. The fourth-order valence-corrected chi connectivity index (χ4v) is 2.52. The molecule has 27 heavy (non-hydrogen) atoms. The number of halogens is 5. The van der Waals surface area contributed by atoms with E-state index in [1.54, 1.807) is 6.92 Å². The molecule has 0 heterocycles. The average molecular weight is 403 g/mol. The first-order valence-electron chi connectivity index (χ1n) is 7.84. The Morgan fingerprint density at radius 3 is 2.41 bits per heavy atom. The lowest BCUT2D eigenvalue weighted by Crippen LogP contribution is -2.38. The third-order valence-electron chi connectivity index (χ3n) is 3.67. The van der Waals surface area contributed by atoms with Crippen LogP contribution in [0.15, 0.2) is 42.5 Å². The smallest absolute Gasteiger partial charge is 0.330 e. The van der Waals surface area contributed by atoms with Crippen LogP contribution in [0.4, 0.5) is 23.2 Å². The Kier molecular flexibility index (Phi) is 6.43. The maximum atomic E-state index is 13.9. The number of nitrogens with one attached hydrogen (secondary N) is 1. The van der Waals surface area contributed by atoms with Gasteiger partial charge in [-0.05, 0) is 37.3 Å². The van der Waals surface area contributed by atoms with Crippen LogP contribution in [0.5, 0.6) is 0 Å². The maximum absolute atomic E-state index is 13.9. The van der Waals surface area contributed by atoms with Crippen molar-refractivity contribution in [3.63, 3.8) is 0 Å². The summed E-state index contributed by atoms with van der Waals surface area (Å²) in [6, 6.07) is 7.95. The number of carbonyl (C=O) groups excluding carboxylic acids is 2. The normalized spacial score (nSPS) is 11.2. The van der Waals surface area contributed by atoms with Crippen molar-refractivity contribution in [2.24, 2.45) is 0 Å². The van der Waals surface area contributed by atoms with Crippen molar-refractivity contribution >= 4 is 29.1 Å². The molecule has 0 bridgehead atoms. The highest BCUT2D eigenvalue weighted by Crippen LogP contribution is 2.34. The van der Waals surface area contributed by atoms with Gasteiger partial charge >= 0.3 is 6.18 Å². The number of nitrogens with zero attached hydrogens (tertiary/aromatic N) is 1. The summed E-state index contributed by atoms with van der Waals surface area (Å²) in [6.07, 6.45) is -4.64. The van der Waals surface area contributed by atoms with E-state index in [4.69, 9.17) is 11.6 Å². The molecule has 0 spiro atoms. The van der Waals surface area contributed by atoms with E-state index in [-0.39, 0.29) is 17.1 Å². The van der Waals surface area contributed by atoms with Crippen molar-refractivity contribution in [3.05, 3.63) is 64.4 Å². The van der Waals surface area contributed by atoms with Gasteiger partial charge in [0.25, 0.3) is 5.91 Å². The SMILES string of the molecule is CCN(CC(=O)Nc1ccccc1C(F)(F)F)C(=O)c1ccc(Cl)cc1F. The minimum atomic E-state index is -4.64. The lowest BCUT2D eigenvalue weighted by molar-refractivity contribution is -0.137. The van der Waals surface area contributed by atoms with Crippen LogP contribution in [0.1, 0.15) is 22.8 Å². The van der Waals surface area contributed by atoms with Gasteiger partial charge in [0, 0.05) is 11.6 Å². The molecule has 0 aliphatic heterocycles. The molecule has 0 aromatic heterocycles. The Hall–Kier alpha value is -2.61. The molecule has 4 nitrogen and oxygen atoms in total. The van der Waals surface area contributed by atoms with Gasteiger partial charge in [-0.2, -0.15) is 13.2 Å². The van der Waals surface area contributed by atoms with Crippen molar-refractivity contribution < 1.29 is 27.2 Å². The van der Waals surface area contributed by atoms with Gasteiger partial charge in [-0.15, -0.1) is 0 Å². The molecule has 2 aromatic rings. The van der Waals surface area contributed by atoms with Gasteiger partial charge in [0.15, 0.2) is 0 Å². The van der Waals surface area contributed by atoms with E-state index in [2.05, 4.69) is 5.32 Å². The summed E-state index contributed by atoms with van der Waals surface area (Å²) in [6.45, 7) is 1.07. The molecule has 144 valence electrons. The second-order valence-electron chi connectivity index (χ2n) is 5.54. The predicted octanol–water partition coefficient (Wildman–Crippen LogP) is 4.60. The second-order valence-corrected chi connectivity index (χ2v) is 5.97. The monoisotopic (exact) mass is 402 g/mol. The fourth-order valence-electron chi connectivity index (χ4n) is 2.36. The standard InChI is InChI=1S/C18H15ClF4N2O2/c1-2-25(17(27)12-8-7-11(19)9-14(12)20)10-16(26)24-15-6-4-3-5-13(15)18(21,22)23/h3-9H,2,10H2,1H3,(H,24,26). The molecule has 0 unspecified atom stereocenters. The number of carbonyl (C=O) groups is 2. The number of para-hydroxylation sites is 1. The number of hydrogen-bond donors (Lipinski definition) is 1. The summed E-state index contributed by atoms with van der Waals surface area (Å²) < 4.78 is 52.9. The van der Waals surface area contributed by atoms with Gasteiger partial charge in [-0.3, -0.25) is 9.59 Å². The van der Waals surface area contributed by atoms with Crippen LogP contribution in [0, 0.1) is 5.82 Å². The molecule has 0 saturated carbocycles. The van der Waals surface area contributed by atoms with E-state index in [9.17, 15) is 27.2 Å². The molecular formula is C18H15ClF4N2O2. The number of rotatable bonds is 5. The zero-order valence-corrected chi connectivity index (χ0v) is 14.9. The molecule has 0 fully saturated rings. The largest absolute Gasteiger partial charge is 0.418 e. The Morgan fingerprint density at radius 1 is 1.15 bits per heavy atom. The summed E-state index contributed by atoms with van der Waals surface area (Å²) in [7, 11) is 0. The van der Waals surface area contributed by atoms with Gasteiger partial charge in [-0.1, -0.05) is 23.7 Å². The molecule has 0 radical (unpaired) electrons. The zero-order chi connectivity index (χ0) is 20.2. The number of amides is 2. The molecule has 2 aromatic carbocycles. The van der Waals surface area contributed by atoms with Gasteiger partial charge in [0.2, 0.25) is 5.91 Å². The van der Waals surface area contributed by atoms with Gasteiger partial charge in [0.1, 0.15) is 12.4 Å². The third-order valence-corrected chi connectivity index (χ3v) is 3.91. The van der Waals surface area contributed by atoms with E-state index in [1.807, 2.05) is 0 Å². The van der Waals surface area contributed by atoms with E-state index in [0.29, 0.717) is 0 Å². The van der Waals surface area contributed by atoms with Gasteiger partial charge in [0.05, 0.1) is 16.8 Å². The molecule has 0 aliphatic carbocycles. The lowest BCUT2D eigenvalue weighted by Gasteiger charge is -2.21. The van der Waals surface area contributed by atoms with Crippen molar-refractivity contribution in [3.8, 4) is 0 Å². The first-order valence-corrected chi connectivity index (χ1v) is 8.21. The highest BCUT2D eigenvalue weighted by Gasteiger charge is 2.33. The number of likely N-dealkylation sites (N-methyl/N-ethyl adjacent to an activating group) is 1. The first-order chi connectivity index (χ1) is 12.6. The number of hydrogen-bond acceptors (Lipinski definition) is 2. The second kappa shape index (κ2) is 8.39. The quantitative estimate of drug-likeness (QED) is 0.743. The van der Waals surface area contributed by atoms with Crippen LogP contribution in [0.25, 0.3) is 0 Å². The van der Waals surface area contributed by atoms with Crippen LogP contribution < -0.4 is 5.32 Å². The molecule has 0 aliphatic rings. The first kappa shape index (κ1) is 20.7. The van der Waals surface area contributed by atoms with E-state index in [0.717, 1.165) is 23.1 Å². The Morgan fingerprint density at radius 2 is 1.81 bits per heavy atom. The Bertz CT molecular complexity index is 855. The molecule has 2 rings (SSSR count). The van der Waals surface area contributed by atoms with Crippen LogP contribution in [0.2, 0.25) is 5.02 Å². The van der Waals surface area contributed by atoms with Crippen molar-refractivity contribution in [2.75, 3.05) is 18.4 Å². The molecule has 9 heteroatoms. The molecule has 0 atom stereocenters. The highest BCUT2D eigenvalue weighted by molar-refractivity contribution is 6.30. The molecule has 0 saturated heterocycles. The lowest BCUT2D eigenvalue weighted by atomic mass is 10.1. The molecular weight excluding hydrogens is 388 g/mol. The van der Waals surface area contributed by atoms with Crippen molar-refractivity contribution in [1.29, 1.82) is 0 Å². The van der Waals surface area contributed by atoms with E-state index < -0.39 is 41.6 Å².